The first-order chi connectivity index (χ1) is 12.7. The van der Waals surface area contributed by atoms with E-state index in [-0.39, 0.29) is 0 Å². The summed E-state index contributed by atoms with van der Waals surface area (Å²) in [5.74, 6) is 2.68. The molecule has 4 heterocycles. The molecule has 0 N–H and O–H groups in total. The summed E-state index contributed by atoms with van der Waals surface area (Å²) in [7, 11) is 0. The monoisotopic (exact) mass is 354 g/mol. The van der Waals surface area contributed by atoms with Crippen molar-refractivity contribution in [2.24, 2.45) is 5.92 Å². The molecular weight excluding hydrogens is 328 g/mol. The normalized spacial score (nSPS) is 23.2. The summed E-state index contributed by atoms with van der Waals surface area (Å²) in [6.07, 6.45) is 11.1. The van der Waals surface area contributed by atoms with Crippen LogP contribution in [-0.4, -0.2) is 56.0 Å². The number of rotatable bonds is 5. The van der Waals surface area contributed by atoms with E-state index in [9.17, 15) is 4.79 Å². The Bertz CT molecular complexity index is 746. The van der Waals surface area contributed by atoms with Gasteiger partial charge in [0.05, 0.1) is 6.33 Å². The Labute approximate surface area is 154 Å². The topological polar surface area (TPSA) is 67.2 Å². The van der Waals surface area contributed by atoms with E-state index in [0.717, 1.165) is 57.1 Å². The molecule has 7 heteroatoms. The maximum atomic E-state index is 12.5. The summed E-state index contributed by atoms with van der Waals surface area (Å²) in [6.45, 7) is 5.60. The van der Waals surface area contributed by atoms with Gasteiger partial charge in [-0.3, -0.25) is 4.79 Å². The number of aryl methyl sites for hydroxylation is 2. The van der Waals surface area contributed by atoms with Gasteiger partial charge >= 0.3 is 0 Å². The number of nitrogens with zero attached hydrogens (tertiary/aromatic N) is 6. The largest absolute Gasteiger partial charge is 0.356 e. The maximum Gasteiger partial charge on any atom is 0.222 e. The number of hydrogen-bond donors (Lipinski definition) is 0. The van der Waals surface area contributed by atoms with Crippen molar-refractivity contribution in [1.82, 2.24) is 24.4 Å². The van der Waals surface area contributed by atoms with Gasteiger partial charge in [0.1, 0.15) is 11.6 Å². The standard InChI is InChI=1S/C19H26N6O/c1-15-21-7-5-18(22-15)24-11-6-17-16(13-24)3-4-19(26)25(17)10-2-9-23-12-8-20-14-23/h5,7-8,12,14,16-17H,2-4,6,9-11,13H2,1H3/t16-,17+/m0/s1. The number of aromatic nitrogens is 4. The van der Waals surface area contributed by atoms with Crippen LogP contribution in [0, 0.1) is 12.8 Å². The van der Waals surface area contributed by atoms with Gasteiger partial charge in [-0.15, -0.1) is 0 Å². The summed E-state index contributed by atoms with van der Waals surface area (Å²) in [5.41, 5.74) is 0. The highest BCUT2D eigenvalue weighted by Crippen LogP contribution is 2.32. The molecule has 2 fully saturated rings. The van der Waals surface area contributed by atoms with Crippen LogP contribution in [0.5, 0.6) is 0 Å². The third-order valence-corrected chi connectivity index (χ3v) is 5.60. The molecule has 2 aromatic heterocycles. The minimum atomic E-state index is 0.322. The van der Waals surface area contributed by atoms with Crippen molar-refractivity contribution in [2.45, 2.75) is 45.2 Å². The van der Waals surface area contributed by atoms with E-state index in [1.165, 1.54) is 0 Å². The van der Waals surface area contributed by atoms with Crippen LogP contribution in [0.1, 0.15) is 31.5 Å². The Kier molecular flexibility index (Phi) is 4.86. The fourth-order valence-electron chi connectivity index (χ4n) is 4.31. The lowest BCUT2D eigenvalue weighted by Crippen LogP contribution is -2.56. The molecule has 0 aromatic carbocycles. The van der Waals surface area contributed by atoms with Crippen molar-refractivity contribution >= 4 is 11.7 Å². The molecule has 0 aliphatic carbocycles. The lowest BCUT2D eigenvalue weighted by Gasteiger charge is -2.47. The number of amides is 1. The van der Waals surface area contributed by atoms with E-state index >= 15 is 0 Å². The minimum absolute atomic E-state index is 0.322. The van der Waals surface area contributed by atoms with Gasteiger partial charge < -0.3 is 14.4 Å². The molecule has 138 valence electrons. The van der Waals surface area contributed by atoms with Gasteiger partial charge in [-0.1, -0.05) is 0 Å². The third-order valence-electron chi connectivity index (χ3n) is 5.60. The van der Waals surface area contributed by atoms with Crippen molar-refractivity contribution < 1.29 is 4.79 Å². The maximum absolute atomic E-state index is 12.5. The Morgan fingerprint density at radius 3 is 2.96 bits per heavy atom. The van der Waals surface area contributed by atoms with E-state index in [0.29, 0.717) is 24.3 Å². The van der Waals surface area contributed by atoms with Crippen LogP contribution in [0.25, 0.3) is 0 Å². The highest BCUT2D eigenvalue weighted by atomic mass is 16.2. The molecule has 0 radical (unpaired) electrons. The zero-order chi connectivity index (χ0) is 17.9. The molecule has 2 aromatic rings. The minimum Gasteiger partial charge on any atom is -0.356 e. The predicted molar refractivity (Wildman–Crippen MR) is 98.7 cm³/mol. The summed E-state index contributed by atoms with van der Waals surface area (Å²) >= 11 is 0. The molecule has 0 spiro atoms. The van der Waals surface area contributed by atoms with Crippen molar-refractivity contribution in [3.8, 4) is 0 Å². The van der Waals surface area contributed by atoms with Crippen molar-refractivity contribution in [2.75, 3.05) is 24.5 Å². The van der Waals surface area contributed by atoms with Crippen LogP contribution in [0.4, 0.5) is 5.82 Å². The first-order valence-corrected chi connectivity index (χ1v) is 9.50. The molecule has 4 rings (SSSR count). The van der Waals surface area contributed by atoms with Crippen molar-refractivity contribution in [3.05, 3.63) is 36.8 Å². The SMILES string of the molecule is Cc1nccc(N2CC[C@@H]3[C@@H](CCC(=O)N3CCCn3ccnc3)C2)n1. The second kappa shape index (κ2) is 7.43. The molecule has 0 unspecified atom stereocenters. The molecule has 2 aliphatic heterocycles. The number of carbonyl (C=O) groups is 1. The highest BCUT2D eigenvalue weighted by Gasteiger charge is 2.39. The smallest absolute Gasteiger partial charge is 0.222 e. The number of fused-ring (bicyclic) bond motifs is 1. The number of imidazole rings is 1. The number of carbonyl (C=O) groups excluding carboxylic acids is 1. The quantitative estimate of drug-likeness (QED) is 0.820. The molecule has 26 heavy (non-hydrogen) atoms. The Morgan fingerprint density at radius 1 is 1.23 bits per heavy atom. The van der Waals surface area contributed by atoms with Crippen molar-refractivity contribution in [1.29, 1.82) is 0 Å². The van der Waals surface area contributed by atoms with Crippen molar-refractivity contribution in [3.63, 3.8) is 0 Å². The lowest BCUT2D eigenvalue weighted by atomic mass is 9.83. The first-order valence-electron chi connectivity index (χ1n) is 9.50. The van der Waals surface area contributed by atoms with Gasteiger partial charge in [0, 0.05) is 57.2 Å². The average Bonchev–Trinajstić information content (AvgIpc) is 3.16. The van der Waals surface area contributed by atoms with Crippen LogP contribution in [0.3, 0.4) is 0 Å². The molecule has 7 nitrogen and oxygen atoms in total. The van der Waals surface area contributed by atoms with Gasteiger partial charge in [0.25, 0.3) is 0 Å². The fourth-order valence-corrected chi connectivity index (χ4v) is 4.31. The Hall–Kier alpha value is -2.44. The molecule has 2 aliphatic rings. The Morgan fingerprint density at radius 2 is 2.15 bits per heavy atom. The van der Waals surface area contributed by atoms with E-state index in [1.807, 2.05) is 31.7 Å². The van der Waals surface area contributed by atoms with E-state index in [2.05, 4.69) is 29.3 Å². The number of likely N-dealkylation sites (tertiary alicyclic amines) is 1. The lowest BCUT2D eigenvalue weighted by molar-refractivity contribution is -0.139. The van der Waals surface area contributed by atoms with E-state index in [4.69, 9.17) is 0 Å². The molecule has 0 saturated carbocycles. The highest BCUT2D eigenvalue weighted by molar-refractivity contribution is 5.77. The van der Waals surface area contributed by atoms with Crippen LogP contribution < -0.4 is 4.90 Å². The summed E-state index contributed by atoms with van der Waals surface area (Å²) in [6, 6.07) is 2.36. The summed E-state index contributed by atoms with van der Waals surface area (Å²) in [4.78, 5) is 29.9. The zero-order valence-corrected chi connectivity index (χ0v) is 15.3. The summed E-state index contributed by atoms with van der Waals surface area (Å²) in [5, 5.41) is 0. The third kappa shape index (κ3) is 3.57. The second-order valence-corrected chi connectivity index (χ2v) is 7.30. The van der Waals surface area contributed by atoms with Gasteiger partial charge in [0.15, 0.2) is 0 Å². The predicted octanol–water partition coefficient (Wildman–Crippen LogP) is 1.89. The fraction of sp³-hybridized carbons (Fsp3) is 0.579. The van der Waals surface area contributed by atoms with Gasteiger partial charge in [0.2, 0.25) is 5.91 Å². The van der Waals surface area contributed by atoms with Gasteiger partial charge in [-0.05, 0) is 38.2 Å². The van der Waals surface area contributed by atoms with Crippen LogP contribution in [-0.2, 0) is 11.3 Å². The van der Waals surface area contributed by atoms with Crippen LogP contribution in [0.2, 0.25) is 0 Å². The second-order valence-electron chi connectivity index (χ2n) is 7.30. The molecule has 1 amide bonds. The average molecular weight is 354 g/mol. The number of anilines is 1. The molecule has 0 bridgehead atoms. The van der Waals surface area contributed by atoms with Crippen LogP contribution in [0.15, 0.2) is 31.0 Å². The number of piperidine rings is 2. The molecule has 2 saturated heterocycles. The number of hydrogen-bond acceptors (Lipinski definition) is 5. The summed E-state index contributed by atoms with van der Waals surface area (Å²) < 4.78 is 2.08. The Balaban J connectivity index is 1.38. The van der Waals surface area contributed by atoms with E-state index in [1.54, 1.807) is 6.20 Å². The molecule has 2 atom stereocenters. The van der Waals surface area contributed by atoms with Gasteiger partial charge in [-0.2, -0.15) is 0 Å². The first kappa shape index (κ1) is 17.0. The van der Waals surface area contributed by atoms with Gasteiger partial charge in [-0.25, -0.2) is 15.0 Å². The molecular formula is C19H26N6O. The van der Waals surface area contributed by atoms with Crippen LogP contribution >= 0.6 is 0 Å². The van der Waals surface area contributed by atoms with E-state index < -0.39 is 0 Å². The zero-order valence-electron chi connectivity index (χ0n) is 15.3.